The third-order valence-electron chi connectivity index (χ3n) is 2.58. The molecule has 0 aliphatic carbocycles. The number of carbonyl (C=O) groups is 1. The molecule has 0 atom stereocenters. The van der Waals surface area contributed by atoms with Crippen LogP contribution >= 0.6 is 11.6 Å². The summed E-state index contributed by atoms with van der Waals surface area (Å²) in [5, 5.41) is 14.3. The predicted octanol–water partition coefficient (Wildman–Crippen LogP) is 2.59. The number of aldehydes is 1. The zero-order valence-corrected chi connectivity index (χ0v) is 10.3. The molecule has 0 fully saturated rings. The first kappa shape index (κ1) is 11.6. The summed E-state index contributed by atoms with van der Waals surface area (Å²) in [5.74, 6) is 1.19. The number of aromatic amines is 1. The molecule has 1 aromatic carbocycles. The van der Waals surface area contributed by atoms with Crippen molar-refractivity contribution in [2.24, 2.45) is 0 Å². The van der Waals surface area contributed by atoms with Crippen molar-refractivity contribution < 1.29 is 9.21 Å². The number of hydrogen-bond acceptors (Lipinski definition) is 5. The molecule has 2 aromatic heterocycles. The third kappa shape index (κ3) is 2.13. The number of tetrazole rings is 1. The average Bonchev–Trinajstić information content (AvgIpc) is 3.10. The van der Waals surface area contributed by atoms with Crippen LogP contribution in [0.2, 0.25) is 5.02 Å². The van der Waals surface area contributed by atoms with Crippen LogP contribution in [0, 0.1) is 0 Å². The zero-order chi connectivity index (χ0) is 13.2. The monoisotopic (exact) mass is 274 g/mol. The van der Waals surface area contributed by atoms with Crippen LogP contribution in [0.1, 0.15) is 10.6 Å². The van der Waals surface area contributed by atoms with E-state index in [1.165, 1.54) is 0 Å². The number of carbonyl (C=O) groups excluding carboxylic acids is 1. The summed E-state index contributed by atoms with van der Waals surface area (Å²) in [6.45, 7) is 0. The summed E-state index contributed by atoms with van der Waals surface area (Å²) >= 11 is 5.99. The van der Waals surface area contributed by atoms with Crippen LogP contribution in [0.15, 0.2) is 34.7 Å². The Morgan fingerprint density at radius 3 is 2.79 bits per heavy atom. The number of benzene rings is 1. The first-order valence-electron chi connectivity index (χ1n) is 5.36. The van der Waals surface area contributed by atoms with Gasteiger partial charge in [0.1, 0.15) is 5.76 Å². The van der Waals surface area contributed by atoms with Gasteiger partial charge in [-0.1, -0.05) is 11.6 Å². The summed E-state index contributed by atoms with van der Waals surface area (Å²) in [7, 11) is 0. The molecule has 0 aliphatic heterocycles. The molecule has 0 saturated heterocycles. The van der Waals surface area contributed by atoms with Crippen molar-refractivity contribution in [3.8, 4) is 22.7 Å². The smallest absolute Gasteiger partial charge is 0.205 e. The topological polar surface area (TPSA) is 84.7 Å². The van der Waals surface area contributed by atoms with E-state index in [4.69, 9.17) is 16.0 Å². The zero-order valence-electron chi connectivity index (χ0n) is 9.50. The quantitative estimate of drug-likeness (QED) is 0.742. The maximum Gasteiger partial charge on any atom is 0.205 e. The van der Waals surface area contributed by atoms with Gasteiger partial charge in [0.05, 0.1) is 0 Å². The lowest BCUT2D eigenvalue weighted by Crippen LogP contribution is -1.86. The largest absolute Gasteiger partial charge is 0.453 e. The lowest BCUT2D eigenvalue weighted by atomic mass is 10.1. The van der Waals surface area contributed by atoms with Gasteiger partial charge in [-0.3, -0.25) is 4.79 Å². The van der Waals surface area contributed by atoms with Crippen LogP contribution in [0.4, 0.5) is 0 Å². The van der Waals surface area contributed by atoms with Gasteiger partial charge in [0.15, 0.2) is 12.0 Å². The van der Waals surface area contributed by atoms with E-state index in [0.29, 0.717) is 34.0 Å². The second-order valence-electron chi connectivity index (χ2n) is 3.75. The van der Waals surface area contributed by atoms with Crippen molar-refractivity contribution in [2.75, 3.05) is 0 Å². The molecule has 19 heavy (non-hydrogen) atoms. The summed E-state index contributed by atoms with van der Waals surface area (Å²) in [5.41, 5.74) is 1.41. The predicted molar refractivity (Wildman–Crippen MR) is 67.7 cm³/mol. The SMILES string of the molecule is O=Cc1ccc(-c2cc(Cl)ccc2-c2nn[nH]n2)o1. The Morgan fingerprint density at radius 2 is 2.11 bits per heavy atom. The van der Waals surface area contributed by atoms with Gasteiger partial charge in [-0.15, -0.1) is 10.2 Å². The van der Waals surface area contributed by atoms with Crippen LogP contribution in [-0.4, -0.2) is 26.9 Å². The molecule has 1 N–H and O–H groups in total. The molecule has 0 amide bonds. The van der Waals surface area contributed by atoms with E-state index in [1.54, 1.807) is 30.3 Å². The molecule has 0 spiro atoms. The van der Waals surface area contributed by atoms with Crippen molar-refractivity contribution in [3.63, 3.8) is 0 Å². The van der Waals surface area contributed by atoms with Crippen LogP contribution in [-0.2, 0) is 0 Å². The van der Waals surface area contributed by atoms with E-state index in [-0.39, 0.29) is 5.76 Å². The summed E-state index contributed by atoms with van der Waals surface area (Å²) in [6.07, 6.45) is 0.641. The number of hydrogen-bond donors (Lipinski definition) is 1. The Morgan fingerprint density at radius 1 is 1.21 bits per heavy atom. The molecule has 6 nitrogen and oxygen atoms in total. The minimum atomic E-state index is 0.244. The van der Waals surface area contributed by atoms with Gasteiger partial charge < -0.3 is 4.42 Å². The van der Waals surface area contributed by atoms with E-state index in [1.807, 2.05) is 0 Å². The Balaban J connectivity index is 2.18. The molecule has 7 heteroatoms. The number of furan rings is 1. The minimum absolute atomic E-state index is 0.244. The van der Waals surface area contributed by atoms with Crippen LogP contribution < -0.4 is 0 Å². The number of nitrogens with zero attached hydrogens (tertiary/aromatic N) is 3. The standard InChI is InChI=1S/C12H7ClN4O2/c13-7-1-3-9(12-14-16-17-15-12)10(5-7)11-4-2-8(6-18)19-11/h1-6H,(H,14,15,16,17). The van der Waals surface area contributed by atoms with Crippen molar-refractivity contribution in [1.29, 1.82) is 0 Å². The lowest BCUT2D eigenvalue weighted by molar-refractivity contribution is 0.110. The molecular weight excluding hydrogens is 268 g/mol. The molecule has 0 bridgehead atoms. The van der Waals surface area contributed by atoms with Gasteiger partial charge in [-0.05, 0) is 35.5 Å². The van der Waals surface area contributed by atoms with E-state index in [9.17, 15) is 4.79 Å². The summed E-state index contributed by atoms with van der Waals surface area (Å²) in [4.78, 5) is 10.7. The average molecular weight is 275 g/mol. The number of nitrogens with one attached hydrogen (secondary N) is 1. The Labute approximate surface area is 112 Å². The van der Waals surface area contributed by atoms with Crippen LogP contribution in [0.3, 0.4) is 0 Å². The van der Waals surface area contributed by atoms with Gasteiger partial charge in [0.25, 0.3) is 0 Å². The van der Waals surface area contributed by atoms with E-state index >= 15 is 0 Å². The maximum atomic E-state index is 10.7. The molecule has 0 aliphatic rings. The summed E-state index contributed by atoms with van der Waals surface area (Å²) < 4.78 is 5.40. The second-order valence-corrected chi connectivity index (χ2v) is 4.18. The highest BCUT2D eigenvalue weighted by Gasteiger charge is 2.14. The number of halogens is 1. The first-order chi connectivity index (χ1) is 9.28. The van der Waals surface area contributed by atoms with Gasteiger partial charge in [-0.2, -0.15) is 5.21 Å². The highest BCUT2D eigenvalue weighted by Crippen LogP contribution is 2.33. The molecule has 0 saturated carbocycles. The lowest BCUT2D eigenvalue weighted by Gasteiger charge is -2.04. The molecule has 3 rings (SSSR count). The summed E-state index contributed by atoms with van der Waals surface area (Å²) in [6, 6.07) is 8.49. The van der Waals surface area contributed by atoms with Gasteiger partial charge in [0.2, 0.25) is 5.82 Å². The first-order valence-corrected chi connectivity index (χ1v) is 5.74. The molecule has 94 valence electrons. The highest BCUT2D eigenvalue weighted by atomic mass is 35.5. The van der Waals surface area contributed by atoms with Crippen molar-refractivity contribution in [3.05, 3.63) is 41.1 Å². The van der Waals surface area contributed by atoms with Gasteiger partial charge >= 0.3 is 0 Å². The van der Waals surface area contributed by atoms with E-state index < -0.39 is 0 Å². The molecule has 2 heterocycles. The Hall–Kier alpha value is -2.47. The Kier molecular flexibility index (Phi) is 2.85. The molecular formula is C12H7ClN4O2. The molecule has 3 aromatic rings. The van der Waals surface area contributed by atoms with Gasteiger partial charge in [-0.25, -0.2) is 0 Å². The number of rotatable bonds is 3. The normalized spacial score (nSPS) is 10.6. The van der Waals surface area contributed by atoms with E-state index in [0.717, 1.165) is 0 Å². The second kappa shape index (κ2) is 4.66. The molecule has 0 radical (unpaired) electrons. The van der Waals surface area contributed by atoms with Crippen molar-refractivity contribution >= 4 is 17.9 Å². The maximum absolute atomic E-state index is 10.7. The fourth-order valence-electron chi connectivity index (χ4n) is 1.75. The van der Waals surface area contributed by atoms with Crippen molar-refractivity contribution in [2.45, 2.75) is 0 Å². The third-order valence-corrected chi connectivity index (χ3v) is 2.81. The minimum Gasteiger partial charge on any atom is -0.453 e. The van der Waals surface area contributed by atoms with Crippen LogP contribution in [0.5, 0.6) is 0 Å². The molecule has 0 unspecified atom stereocenters. The fourth-order valence-corrected chi connectivity index (χ4v) is 1.92. The number of H-pyrrole nitrogens is 1. The van der Waals surface area contributed by atoms with Crippen LogP contribution in [0.25, 0.3) is 22.7 Å². The fraction of sp³-hybridized carbons (Fsp3) is 0. The highest BCUT2D eigenvalue weighted by molar-refractivity contribution is 6.31. The number of aromatic nitrogens is 4. The van der Waals surface area contributed by atoms with E-state index in [2.05, 4.69) is 20.6 Å². The Bertz CT molecular complexity index is 721. The van der Waals surface area contributed by atoms with Crippen molar-refractivity contribution in [1.82, 2.24) is 20.6 Å². The van der Waals surface area contributed by atoms with Gasteiger partial charge in [0, 0.05) is 16.1 Å².